The monoisotopic (exact) mass is 811 g/mol. The first-order valence-corrected chi connectivity index (χ1v) is 20.9. The summed E-state index contributed by atoms with van der Waals surface area (Å²) in [5.74, 6) is -0.113. The summed E-state index contributed by atoms with van der Waals surface area (Å²) in [4.78, 5) is 53.0. The van der Waals surface area contributed by atoms with Crippen molar-refractivity contribution in [3.63, 3.8) is 0 Å². The van der Waals surface area contributed by atoms with Crippen LogP contribution in [0.1, 0.15) is 67.7 Å². The second kappa shape index (κ2) is 17.7. The van der Waals surface area contributed by atoms with Gasteiger partial charge in [0.05, 0.1) is 22.3 Å². The van der Waals surface area contributed by atoms with Crippen LogP contribution in [0.3, 0.4) is 0 Å². The van der Waals surface area contributed by atoms with Crippen molar-refractivity contribution in [2.75, 3.05) is 50.3 Å². The summed E-state index contributed by atoms with van der Waals surface area (Å²) in [6.07, 6.45) is 6.00. The lowest BCUT2D eigenvalue weighted by molar-refractivity contribution is -0.131. The SMILES string of the molecule is CC1=C(SCCCCSCC(=O)c2ccc(C(=O)O)c(-c3c4ccc(=[N+](C)C)cc-4oc4cc(N(C)C)ccc34)c2)C(=O)CC(C)(C)[C@@]1(O)/C=C/C(C)=C\C(=O)O. The fraction of sp³-hybridized carbons (Fsp3) is 0.356. The number of thioether (sulfide) groups is 2. The molecule has 300 valence electrons. The molecule has 10 nitrogen and oxygen atoms in total. The molecule has 0 unspecified atom stereocenters. The Morgan fingerprint density at radius 2 is 1.68 bits per heavy atom. The molecular formula is C45H51N2O8S2+. The highest BCUT2D eigenvalue weighted by Crippen LogP contribution is 2.49. The van der Waals surface area contributed by atoms with Gasteiger partial charge in [0.25, 0.3) is 0 Å². The number of carbonyl (C=O) groups excluding carboxylic acids is 2. The first kappa shape index (κ1) is 43.2. The zero-order chi connectivity index (χ0) is 41.8. The van der Waals surface area contributed by atoms with Gasteiger partial charge in [-0.2, -0.15) is 11.8 Å². The minimum Gasteiger partial charge on any atom is -0.478 e. The number of carbonyl (C=O) groups is 4. The highest BCUT2D eigenvalue weighted by atomic mass is 32.2. The normalized spacial score (nSPS) is 17.1. The summed E-state index contributed by atoms with van der Waals surface area (Å²) in [5.41, 5.74) is 2.73. The van der Waals surface area contributed by atoms with Gasteiger partial charge in [-0.1, -0.05) is 26.0 Å². The number of hydrogen-bond acceptors (Lipinski definition) is 9. The number of nitrogens with zero attached hydrogens (tertiary/aromatic N) is 2. The van der Waals surface area contributed by atoms with Gasteiger partial charge in [-0.25, -0.2) is 14.2 Å². The topological polar surface area (TPSA) is 148 Å². The van der Waals surface area contributed by atoms with Gasteiger partial charge < -0.3 is 24.6 Å². The standard InChI is InChI=1S/C45H50N2O8S2/c1-27(21-40(50)51)17-18-45(54)28(2)42(36(48)25-44(45,3)4)57-20-10-9-19-56-26-37(49)29-11-14-32(43(52)53)35(22-29)41-33-15-12-30(46(5)6)23-38(33)55-39-24-31(47(7)8)13-16-34(39)41/h11-18,21-24,54H,9-10,19-20,25-26H2,1-8H3,(H-,50,51,52,53)/p+1/b18-17+,27-21-/t45-/m1/s1. The molecule has 12 heteroatoms. The smallest absolute Gasteiger partial charge is 0.336 e. The third-order valence-corrected chi connectivity index (χ3v) is 12.8. The zero-order valence-corrected chi connectivity index (χ0v) is 35.4. The quantitative estimate of drug-likeness (QED) is 0.0268. The van der Waals surface area contributed by atoms with Crippen molar-refractivity contribution >= 4 is 63.7 Å². The fourth-order valence-electron chi connectivity index (χ4n) is 7.09. The second-order valence-electron chi connectivity index (χ2n) is 15.5. The van der Waals surface area contributed by atoms with E-state index in [4.69, 9.17) is 9.52 Å². The summed E-state index contributed by atoms with van der Waals surface area (Å²) in [7, 11) is 7.76. The van der Waals surface area contributed by atoms with Crippen LogP contribution < -0.4 is 14.8 Å². The molecule has 1 heterocycles. The minimum atomic E-state index is -1.42. The summed E-state index contributed by atoms with van der Waals surface area (Å²) in [5, 5.41) is 32.8. The number of ketones is 2. The first-order valence-electron chi connectivity index (χ1n) is 18.7. The van der Waals surface area contributed by atoms with E-state index in [1.807, 2.05) is 87.9 Å². The number of allylic oxidation sites excluding steroid dienone is 3. The van der Waals surface area contributed by atoms with Crippen molar-refractivity contribution in [1.29, 1.82) is 0 Å². The van der Waals surface area contributed by atoms with Crippen molar-refractivity contribution < 1.29 is 38.9 Å². The van der Waals surface area contributed by atoms with Gasteiger partial charge in [0.1, 0.15) is 31.0 Å². The summed E-state index contributed by atoms with van der Waals surface area (Å²) in [6.45, 7) is 7.07. The highest BCUT2D eigenvalue weighted by molar-refractivity contribution is 8.04. The molecule has 2 aromatic carbocycles. The number of benzene rings is 3. The van der Waals surface area contributed by atoms with E-state index >= 15 is 0 Å². The van der Waals surface area contributed by atoms with E-state index in [0.717, 1.165) is 40.9 Å². The predicted molar refractivity (Wildman–Crippen MR) is 232 cm³/mol. The number of carboxylic acids is 2. The summed E-state index contributed by atoms with van der Waals surface area (Å²) < 4.78 is 8.40. The van der Waals surface area contributed by atoms with Crippen LogP contribution in [-0.2, 0) is 9.59 Å². The van der Waals surface area contributed by atoms with Crippen molar-refractivity contribution in [3.8, 4) is 22.5 Å². The molecule has 0 spiro atoms. The highest BCUT2D eigenvalue weighted by Gasteiger charge is 2.49. The third kappa shape index (κ3) is 9.46. The van der Waals surface area contributed by atoms with Gasteiger partial charge in [-0.3, -0.25) is 9.59 Å². The molecule has 5 rings (SSSR count). The molecule has 1 aliphatic heterocycles. The molecule has 0 aromatic heterocycles. The Balaban J connectivity index is 1.30. The van der Waals surface area contributed by atoms with Gasteiger partial charge in [-0.05, 0) is 91.3 Å². The van der Waals surface area contributed by atoms with Crippen LogP contribution in [0.15, 0.2) is 93.3 Å². The Bertz CT molecular complexity index is 2380. The average molecular weight is 812 g/mol. The Morgan fingerprint density at radius 1 is 0.965 bits per heavy atom. The molecule has 0 saturated carbocycles. The average Bonchev–Trinajstić information content (AvgIpc) is 3.14. The number of rotatable bonds is 15. The molecule has 0 amide bonds. The number of aromatic carboxylic acids is 1. The van der Waals surface area contributed by atoms with Crippen LogP contribution in [0.25, 0.3) is 33.4 Å². The maximum absolute atomic E-state index is 13.6. The van der Waals surface area contributed by atoms with E-state index in [1.54, 1.807) is 38.1 Å². The van der Waals surface area contributed by atoms with Crippen molar-refractivity contribution in [2.24, 2.45) is 5.41 Å². The summed E-state index contributed by atoms with van der Waals surface area (Å²) >= 11 is 2.93. The number of fused-ring (bicyclic) bond motifs is 2. The largest absolute Gasteiger partial charge is 0.478 e. The van der Waals surface area contributed by atoms with Crippen LogP contribution in [0.4, 0.5) is 5.69 Å². The van der Waals surface area contributed by atoms with Gasteiger partial charge in [0.2, 0.25) is 5.36 Å². The minimum absolute atomic E-state index is 0.0193. The van der Waals surface area contributed by atoms with Crippen LogP contribution in [0, 0.1) is 5.41 Å². The van der Waals surface area contributed by atoms with E-state index in [0.29, 0.717) is 55.6 Å². The van der Waals surface area contributed by atoms with Crippen LogP contribution in [0.2, 0.25) is 0 Å². The Hall–Kier alpha value is -4.91. The fourth-order valence-corrected chi connectivity index (χ4v) is 9.16. The lowest BCUT2D eigenvalue weighted by atomic mass is 9.64. The maximum Gasteiger partial charge on any atom is 0.336 e. The third-order valence-electron chi connectivity index (χ3n) is 10.5. The maximum atomic E-state index is 13.6. The number of hydrogen-bond donors (Lipinski definition) is 3. The van der Waals surface area contributed by atoms with Crippen LogP contribution in [-0.4, -0.2) is 89.9 Å². The van der Waals surface area contributed by atoms with Crippen molar-refractivity contribution in [2.45, 2.75) is 52.6 Å². The Morgan fingerprint density at radius 3 is 2.35 bits per heavy atom. The number of carboxylic acid groups (broad SMARTS) is 2. The number of Topliss-reactive ketones (excluding diaryl/α,β-unsaturated/α-hetero) is 2. The van der Waals surface area contributed by atoms with E-state index < -0.39 is 23.0 Å². The lowest BCUT2D eigenvalue weighted by Crippen LogP contribution is -2.49. The van der Waals surface area contributed by atoms with Gasteiger partial charge in [0, 0.05) is 71.9 Å². The van der Waals surface area contributed by atoms with E-state index in [9.17, 15) is 29.4 Å². The van der Waals surface area contributed by atoms with Gasteiger partial charge in [-0.15, -0.1) is 11.8 Å². The second-order valence-corrected chi connectivity index (χ2v) is 17.7. The number of aliphatic hydroxyl groups is 1. The molecule has 0 saturated heterocycles. The predicted octanol–water partition coefficient (Wildman–Crippen LogP) is 8.02. The lowest BCUT2D eigenvalue weighted by Gasteiger charge is -2.45. The molecule has 1 atom stereocenters. The van der Waals surface area contributed by atoms with Crippen LogP contribution in [0.5, 0.6) is 0 Å². The van der Waals surface area contributed by atoms with E-state index in [-0.39, 0.29) is 29.3 Å². The molecule has 0 radical (unpaired) electrons. The molecule has 2 aromatic rings. The Labute approximate surface area is 342 Å². The Kier molecular flexibility index (Phi) is 13.4. The molecule has 57 heavy (non-hydrogen) atoms. The molecule has 0 fully saturated rings. The number of aliphatic carboxylic acids is 1. The first-order chi connectivity index (χ1) is 26.8. The molecular weight excluding hydrogens is 761 g/mol. The molecule has 3 N–H and O–H groups in total. The summed E-state index contributed by atoms with van der Waals surface area (Å²) in [6, 6.07) is 16.4. The van der Waals surface area contributed by atoms with Crippen molar-refractivity contribution in [3.05, 3.63) is 105 Å². The molecule has 2 aliphatic carbocycles. The van der Waals surface area contributed by atoms with Gasteiger partial charge >= 0.3 is 11.9 Å². The van der Waals surface area contributed by atoms with E-state index in [1.165, 1.54) is 29.6 Å². The molecule has 3 aliphatic rings. The number of unbranched alkanes of at least 4 members (excludes halogenated alkanes) is 1. The zero-order valence-electron chi connectivity index (χ0n) is 33.8. The molecule has 0 bridgehead atoms. The van der Waals surface area contributed by atoms with E-state index in [2.05, 4.69) is 0 Å². The van der Waals surface area contributed by atoms with Crippen LogP contribution >= 0.6 is 23.5 Å². The number of anilines is 1. The van der Waals surface area contributed by atoms with Crippen molar-refractivity contribution in [1.82, 2.24) is 4.58 Å². The van der Waals surface area contributed by atoms with Gasteiger partial charge in [0.15, 0.2) is 11.6 Å².